The maximum Gasteiger partial charge on any atom is 0.0173 e. The van der Waals surface area contributed by atoms with E-state index in [1.54, 1.807) is 21.8 Å². The smallest absolute Gasteiger partial charge is 0.0173 e. The third-order valence-corrected chi connectivity index (χ3v) is 15.1. The lowest BCUT2D eigenvalue weighted by atomic mass is 9.75. The average Bonchev–Trinajstić information content (AvgIpc) is 3.02. The van der Waals surface area contributed by atoms with Crippen molar-refractivity contribution in [2.75, 3.05) is 0 Å². The summed E-state index contributed by atoms with van der Waals surface area (Å²) >= 11 is 0. The first kappa shape index (κ1) is 42.6. The van der Waals surface area contributed by atoms with Gasteiger partial charge in [0.25, 0.3) is 0 Å². The highest BCUT2D eigenvalue weighted by Gasteiger charge is 2.45. The second-order valence-corrected chi connectivity index (χ2v) is 25.0. The monoisotopic (exact) mass is 759 g/mol. The van der Waals surface area contributed by atoms with Crippen LogP contribution in [0.15, 0.2) is 84.9 Å². The SMILES string of the molecule is CC(C)(C)c1cc(C(C)(C)C)c(PC2C(c3ccccc3)=C(c3ccccc3)C2Pc2c(C(C)(C)C)cc(C(C)(C)C)cc2C(C)(C)C)c(C(C)(C)C)c1. The van der Waals surface area contributed by atoms with Gasteiger partial charge in [-0.3, -0.25) is 0 Å². The predicted molar refractivity (Wildman–Crippen MR) is 248 cm³/mol. The van der Waals surface area contributed by atoms with E-state index in [1.165, 1.54) is 44.5 Å². The van der Waals surface area contributed by atoms with Crippen LogP contribution in [-0.4, -0.2) is 11.3 Å². The fraction of sp³-hybridized carbons (Fsp3) is 0.500. The molecule has 4 aromatic rings. The van der Waals surface area contributed by atoms with Crippen LogP contribution in [0.2, 0.25) is 0 Å². The van der Waals surface area contributed by atoms with Crippen molar-refractivity contribution < 1.29 is 0 Å². The Hall–Kier alpha value is -2.52. The summed E-state index contributed by atoms with van der Waals surface area (Å²) in [5.41, 5.74) is 15.9. The van der Waals surface area contributed by atoms with E-state index in [0.717, 1.165) is 0 Å². The van der Waals surface area contributed by atoms with E-state index in [-0.39, 0.29) is 32.5 Å². The van der Waals surface area contributed by atoms with Crippen LogP contribution in [0, 0.1) is 0 Å². The zero-order chi connectivity index (χ0) is 40.4. The van der Waals surface area contributed by atoms with Crippen LogP contribution < -0.4 is 10.6 Å². The van der Waals surface area contributed by atoms with Crippen LogP contribution in [0.5, 0.6) is 0 Å². The molecule has 0 N–H and O–H groups in total. The molecule has 4 aromatic carbocycles. The molecule has 0 bridgehead atoms. The molecule has 0 amide bonds. The summed E-state index contributed by atoms with van der Waals surface area (Å²) in [5, 5.41) is 3.19. The first-order chi connectivity index (χ1) is 24.6. The zero-order valence-corrected chi connectivity index (χ0v) is 39.2. The molecule has 0 heterocycles. The van der Waals surface area contributed by atoms with Gasteiger partial charge in [0.15, 0.2) is 0 Å². The largest absolute Gasteiger partial charge is 0.0810 e. The summed E-state index contributed by atoms with van der Waals surface area (Å²) in [5.74, 6) is 0. The van der Waals surface area contributed by atoms with Gasteiger partial charge in [0.1, 0.15) is 0 Å². The fourth-order valence-corrected chi connectivity index (χ4v) is 13.1. The lowest BCUT2D eigenvalue weighted by Gasteiger charge is -2.46. The first-order valence-corrected chi connectivity index (χ1v) is 22.5. The third-order valence-electron chi connectivity index (χ3n) is 11.3. The molecule has 0 saturated carbocycles. The van der Waals surface area contributed by atoms with Gasteiger partial charge in [-0.25, -0.2) is 0 Å². The highest BCUT2D eigenvalue weighted by molar-refractivity contribution is 7.54. The van der Waals surface area contributed by atoms with E-state index < -0.39 is 0 Å². The van der Waals surface area contributed by atoms with Gasteiger partial charge in [-0.1, -0.05) is 227 Å². The Labute approximate surface area is 335 Å². The summed E-state index contributed by atoms with van der Waals surface area (Å²) in [6, 6.07) is 33.1. The minimum atomic E-state index is 0.0194. The minimum Gasteiger partial charge on any atom is -0.0810 e. The number of benzene rings is 4. The van der Waals surface area contributed by atoms with Crippen molar-refractivity contribution in [1.29, 1.82) is 0 Å². The molecule has 0 nitrogen and oxygen atoms in total. The van der Waals surface area contributed by atoms with Crippen LogP contribution in [-0.2, 0) is 32.5 Å². The van der Waals surface area contributed by atoms with Crippen molar-refractivity contribution in [1.82, 2.24) is 0 Å². The molecular formula is C52H72P2. The minimum absolute atomic E-state index is 0.0194. The lowest BCUT2D eigenvalue weighted by Crippen LogP contribution is -2.40. The molecule has 1 aliphatic carbocycles. The molecule has 4 unspecified atom stereocenters. The van der Waals surface area contributed by atoms with Gasteiger partial charge in [0.05, 0.1) is 0 Å². The lowest BCUT2D eigenvalue weighted by molar-refractivity contribution is 0.552. The molecule has 2 heteroatoms. The van der Waals surface area contributed by atoms with Crippen molar-refractivity contribution in [2.24, 2.45) is 0 Å². The number of hydrogen-bond donors (Lipinski definition) is 0. The van der Waals surface area contributed by atoms with Gasteiger partial charge in [0, 0.05) is 11.3 Å². The van der Waals surface area contributed by atoms with Gasteiger partial charge in [-0.15, -0.1) is 0 Å². The molecule has 1 aliphatic rings. The Morgan fingerprint density at radius 2 is 0.574 bits per heavy atom. The van der Waals surface area contributed by atoms with Crippen LogP contribution in [0.25, 0.3) is 11.1 Å². The molecule has 0 radical (unpaired) electrons. The maximum atomic E-state index is 2.58. The van der Waals surface area contributed by atoms with E-state index in [4.69, 9.17) is 0 Å². The molecular weight excluding hydrogens is 687 g/mol. The summed E-state index contributed by atoms with van der Waals surface area (Å²) in [6.07, 6.45) is 0. The van der Waals surface area contributed by atoms with Crippen molar-refractivity contribution in [3.05, 3.63) is 129 Å². The average molecular weight is 759 g/mol. The van der Waals surface area contributed by atoms with Crippen LogP contribution >= 0.6 is 17.2 Å². The highest BCUT2D eigenvalue weighted by Crippen LogP contribution is 2.59. The van der Waals surface area contributed by atoms with Crippen LogP contribution in [0.3, 0.4) is 0 Å². The quantitative estimate of drug-likeness (QED) is 0.172. The molecule has 54 heavy (non-hydrogen) atoms. The van der Waals surface area contributed by atoms with Gasteiger partial charge in [-0.05, 0) is 98.8 Å². The maximum absolute atomic E-state index is 2.58. The first-order valence-electron chi connectivity index (χ1n) is 20.4. The molecule has 0 aromatic heterocycles. The van der Waals surface area contributed by atoms with Crippen molar-refractivity contribution in [3.8, 4) is 0 Å². The Morgan fingerprint density at radius 1 is 0.333 bits per heavy atom. The molecule has 0 saturated heterocycles. The molecule has 4 atom stereocenters. The Bertz CT molecular complexity index is 1770. The standard InChI is InChI=1S/C52H72P2/c1-47(2,3)35-29-37(49(7,8)9)43(38(30-35)50(10,11)12)53-45-41(33-25-21-19-22-26-33)42(34-27-23-20-24-28-34)46(45)54-44-39(51(13,14)15)31-36(48(4,5)6)32-40(44)52(16,17)18/h19-32,45-46,53-54H,1-18H3. The Kier molecular flexibility index (Phi) is 11.7. The van der Waals surface area contributed by atoms with Gasteiger partial charge < -0.3 is 0 Å². The summed E-state index contributed by atoms with van der Waals surface area (Å²) in [4.78, 5) is 0. The van der Waals surface area contributed by atoms with E-state index in [9.17, 15) is 0 Å². The number of allylic oxidation sites excluding steroid dienone is 2. The van der Waals surface area contributed by atoms with Gasteiger partial charge >= 0.3 is 0 Å². The van der Waals surface area contributed by atoms with Crippen molar-refractivity contribution >= 4 is 38.9 Å². The normalized spacial score (nSPS) is 18.0. The summed E-state index contributed by atoms with van der Waals surface area (Å²) < 4.78 is 0. The highest BCUT2D eigenvalue weighted by atomic mass is 31.1. The molecule has 0 aliphatic heterocycles. The third kappa shape index (κ3) is 9.03. The molecule has 0 spiro atoms. The Balaban J connectivity index is 1.86. The van der Waals surface area contributed by atoms with Crippen LogP contribution in [0.1, 0.15) is 169 Å². The van der Waals surface area contributed by atoms with E-state index >= 15 is 0 Å². The zero-order valence-electron chi connectivity index (χ0n) is 37.2. The van der Waals surface area contributed by atoms with E-state index in [1.807, 2.05) is 0 Å². The summed E-state index contributed by atoms with van der Waals surface area (Å²) in [7, 11) is 1.33. The number of rotatable bonds is 6. The molecule has 5 rings (SSSR count). The summed E-state index contributed by atoms with van der Waals surface area (Å²) in [6.45, 7) is 43.4. The molecule has 290 valence electrons. The van der Waals surface area contributed by atoms with Crippen molar-refractivity contribution in [3.63, 3.8) is 0 Å². The predicted octanol–water partition coefficient (Wildman–Crippen LogP) is 14.1. The van der Waals surface area contributed by atoms with Gasteiger partial charge in [0.2, 0.25) is 0 Å². The fourth-order valence-electron chi connectivity index (χ4n) is 7.93. The number of hydrogen-bond acceptors (Lipinski definition) is 0. The topological polar surface area (TPSA) is 0 Å². The molecule has 0 fully saturated rings. The van der Waals surface area contributed by atoms with E-state index in [2.05, 4.69) is 210 Å². The van der Waals surface area contributed by atoms with Gasteiger partial charge in [-0.2, -0.15) is 0 Å². The second kappa shape index (κ2) is 14.8. The van der Waals surface area contributed by atoms with E-state index in [0.29, 0.717) is 28.5 Å². The second-order valence-electron chi connectivity index (χ2n) is 22.2. The Morgan fingerprint density at radius 3 is 0.778 bits per heavy atom. The van der Waals surface area contributed by atoms with Crippen molar-refractivity contribution in [2.45, 2.75) is 168 Å². The van der Waals surface area contributed by atoms with Crippen LogP contribution in [0.4, 0.5) is 0 Å².